The summed E-state index contributed by atoms with van der Waals surface area (Å²) in [6.45, 7) is 2.74. The molecule has 0 amide bonds. The summed E-state index contributed by atoms with van der Waals surface area (Å²) >= 11 is 7.96. The van der Waals surface area contributed by atoms with E-state index in [2.05, 4.69) is 22.8 Å². The van der Waals surface area contributed by atoms with E-state index in [0.29, 0.717) is 29.3 Å². The van der Waals surface area contributed by atoms with Crippen molar-refractivity contribution in [1.82, 2.24) is 5.32 Å². The van der Waals surface area contributed by atoms with Crippen LogP contribution in [0.1, 0.15) is 42.2 Å². The third-order valence-corrected chi connectivity index (χ3v) is 6.06. The molecule has 1 saturated carbocycles. The highest BCUT2D eigenvalue weighted by atomic mass is 35.5. The van der Waals surface area contributed by atoms with Crippen LogP contribution in [0.5, 0.6) is 5.75 Å². The van der Waals surface area contributed by atoms with Crippen molar-refractivity contribution in [3.63, 3.8) is 0 Å². The molecule has 2 N–H and O–H groups in total. The lowest BCUT2D eigenvalue weighted by molar-refractivity contribution is 0.101. The van der Waals surface area contributed by atoms with Crippen LogP contribution >= 0.6 is 35.3 Å². The quantitative estimate of drug-likeness (QED) is 0.606. The molecule has 0 aliphatic heterocycles. The molecule has 0 radical (unpaired) electrons. The number of ether oxygens (including phenoxy) is 1. The lowest BCUT2D eigenvalue weighted by Gasteiger charge is -2.25. The molecule has 1 aliphatic carbocycles. The van der Waals surface area contributed by atoms with Crippen LogP contribution in [0.2, 0.25) is 5.02 Å². The summed E-state index contributed by atoms with van der Waals surface area (Å²) in [7, 11) is 0. The predicted octanol–water partition coefficient (Wildman–Crippen LogP) is 5.39. The van der Waals surface area contributed by atoms with Crippen molar-refractivity contribution in [1.29, 1.82) is 0 Å². The standard InChI is InChI=1S/C20H26ClNO2S.ClH/c1-14-8-9-18(17(21)11-14)24-13-16(23)12-22-20(15-5-2-3-6-15)19-7-4-10-25-19;/h4,7-11,15-16,20,22-23H,2-3,5-6,12-13H2,1H3;1H. The zero-order valence-corrected chi connectivity index (χ0v) is 17.4. The van der Waals surface area contributed by atoms with Crippen molar-refractivity contribution in [3.8, 4) is 5.75 Å². The highest BCUT2D eigenvalue weighted by Crippen LogP contribution is 2.37. The van der Waals surface area contributed by atoms with E-state index in [9.17, 15) is 5.11 Å². The van der Waals surface area contributed by atoms with Crippen LogP contribution in [0.4, 0.5) is 0 Å². The van der Waals surface area contributed by atoms with Crippen molar-refractivity contribution >= 4 is 35.3 Å². The number of thiophene rings is 1. The normalized spacial score (nSPS) is 16.9. The Hall–Kier alpha value is -0.780. The maximum atomic E-state index is 10.3. The first-order valence-corrected chi connectivity index (χ1v) is 10.2. The van der Waals surface area contributed by atoms with Gasteiger partial charge in [-0.15, -0.1) is 23.7 Å². The van der Waals surface area contributed by atoms with Gasteiger partial charge in [0, 0.05) is 17.5 Å². The van der Waals surface area contributed by atoms with Gasteiger partial charge in [0.25, 0.3) is 0 Å². The van der Waals surface area contributed by atoms with Gasteiger partial charge in [0.1, 0.15) is 18.5 Å². The molecule has 1 aliphatic rings. The second-order valence-corrected chi connectivity index (χ2v) is 8.23. The molecule has 1 aromatic heterocycles. The van der Waals surface area contributed by atoms with Gasteiger partial charge in [0.2, 0.25) is 0 Å². The van der Waals surface area contributed by atoms with E-state index in [1.807, 2.05) is 25.1 Å². The van der Waals surface area contributed by atoms with E-state index in [1.165, 1.54) is 30.6 Å². The predicted molar refractivity (Wildman–Crippen MR) is 112 cm³/mol. The van der Waals surface area contributed by atoms with Crippen molar-refractivity contribution in [2.45, 2.75) is 44.8 Å². The second-order valence-electron chi connectivity index (χ2n) is 6.84. The molecule has 144 valence electrons. The Morgan fingerprint density at radius 1 is 1.31 bits per heavy atom. The number of benzene rings is 1. The summed E-state index contributed by atoms with van der Waals surface area (Å²) in [5, 5.41) is 16.6. The summed E-state index contributed by atoms with van der Waals surface area (Å²) in [6.07, 6.45) is 4.58. The number of rotatable bonds is 8. The molecule has 2 atom stereocenters. The molecular weight excluding hydrogens is 389 g/mol. The Kier molecular flexibility index (Phi) is 8.71. The van der Waals surface area contributed by atoms with Gasteiger partial charge in [0.05, 0.1) is 5.02 Å². The monoisotopic (exact) mass is 415 g/mol. The van der Waals surface area contributed by atoms with Gasteiger partial charge in [-0.2, -0.15) is 0 Å². The van der Waals surface area contributed by atoms with Gasteiger partial charge >= 0.3 is 0 Å². The number of hydrogen-bond acceptors (Lipinski definition) is 4. The highest BCUT2D eigenvalue weighted by molar-refractivity contribution is 7.10. The molecule has 3 nitrogen and oxygen atoms in total. The van der Waals surface area contributed by atoms with E-state index in [-0.39, 0.29) is 19.0 Å². The first-order valence-electron chi connectivity index (χ1n) is 8.97. The van der Waals surface area contributed by atoms with Crippen LogP contribution in [0.3, 0.4) is 0 Å². The van der Waals surface area contributed by atoms with Crippen molar-refractivity contribution in [2.75, 3.05) is 13.2 Å². The van der Waals surface area contributed by atoms with E-state index < -0.39 is 6.10 Å². The molecule has 1 fully saturated rings. The summed E-state index contributed by atoms with van der Waals surface area (Å²) < 4.78 is 5.68. The number of aliphatic hydroxyl groups is 1. The molecule has 3 rings (SSSR count). The maximum absolute atomic E-state index is 10.3. The third kappa shape index (κ3) is 5.86. The fourth-order valence-corrected chi connectivity index (χ4v) is 4.67. The lowest BCUT2D eigenvalue weighted by atomic mass is 9.96. The van der Waals surface area contributed by atoms with Crippen LogP contribution in [0, 0.1) is 12.8 Å². The van der Waals surface area contributed by atoms with Gasteiger partial charge < -0.3 is 15.2 Å². The zero-order valence-electron chi connectivity index (χ0n) is 15.0. The van der Waals surface area contributed by atoms with Crippen molar-refractivity contribution < 1.29 is 9.84 Å². The number of aryl methyl sites for hydroxylation is 1. The van der Waals surface area contributed by atoms with E-state index >= 15 is 0 Å². The average Bonchev–Trinajstić information content (AvgIpc) is 3.28. The number of aliphatic hydroxyl groups excluding tert-OH is 1. The zero-order chi connectivity index (χ0) is 17.6. The molecule has 26 heavy (non-hydrogen) atoms. The topological polar surface area (TPSA) is 41.5 Å². The lowest BCUT2D eigenvalue weighted by Crippen LogP contribution is -2.36. The SMILES string of the molecule is Cc1ccc(OCC(O)CNC(c2cccs2)C2CCCC2)c(Cl)c1.Cl. The summed E-state index contributed by atoms with van der Waals surface area (Å²) in [4.78, 5) is 1.36. The van der Waals surface area contributed by atoms with Crippen molar-refractivity contribution in [3.05, 3.63) is 51.2 Å². The van der Waals surface area contributed by atoms with Crippen LogP contribution in [-0.4, -0.2) is 24.4 Å². The fourth-order valence-electron chi connectivity index (χ4n) is 3.49. The van der Waals surface area contributed by atoms with E-state index in [0.717, 1.165) is 5.56 Å². The fraction of sp³-hybridized carbons (Fsp3) is 0.500. The number of hydrogen-bond donors (Lipinski definition) is 2. The minimum atomic E-state index is -0.568. The number of nitrogens with one attached hydrogen (secondary N) is 1. The molecule has 2 unspecified atom stereocenters. The largest absolute Gasteiger partial charge is 0.489 e. The summed E-state index contributed by atoms with van der Waals surface area (Å²) in [5.74, 6) is 1.29. The Morgan fingerprint density at radius 2 is 2.08 bits per heavy atom. The van der Waals surface area contributed by atoms with Gasteiger partial charge in [-0.05, 0) is 54.8 Å². The first kappa shape index (κ1) is 21.5. The van der Waals surface area contributed by atoms with Crippen LogP contribution in [0.15, 0.2) is 35.7 Å². The third-order valence-electron chi connectivity index (χ3n) is 4.81. The van der Waals surface area contributed by atoms with Crippen LogP contribution in [0.25, 0.3) is 0 Å². The van der Waals surface area contributed by atoms with E-state index in [4.69, 9.17) is 16.3 Å². The molecule has 0 spiro atoms. The highest BCUT2D eigenvalue weighted by Gasteiger charge is 2.27. The van der Waals surface area contributed by atoms with Gasteiger partial charge in [-0.25, -0.2) is 0 Å². The molecule has 2 aromatic rings. The van der Waals surface area contributed by atoms with Crippen molar-refractivity contribution in [2.24, 2.45) is 5.92 Å². The molecule has 1 heterocycles. The molecule has 6 heteroatoms. The van der Waals surface area contributed by atoms with Crippen LogP contribution < -0.4 is 10.1 Å². The van der Waals surface area contributed by atoms with Gasteiger partial charge in [-0.1, -0.05) is 36.6 Å². The molecule has 0 saturated heterocycles. The minimum absolute atomic E-state index is 0. The minimum Gasteiger partial charge on any atom is -0.489 e. The number of halogens is 2. The Labute approximate surface area is 171 Å². The Morgan fingerprint density at radius 3 is 2.73 bits per heavy atom. The van der Waals surface area contributed by atoms with Gasteiger partial charge in [-0.3, -0.25) is 0 Å². The summed E-state index contributed by atoms with van der Waals surface area (Å²) in [6, 6.07) is 10.3. The van der Waals surface area contributed by atoms with Crippen LogP contribution in [-0.2, 0) is 0 Å². The Bertz CT molecular complexity index is 660. The smallest absolute Gasteiger partial charge is 0.138 e. The first-order chi connectivity index (χ1) is 12.1. The maximum Gasteiger partial charge on any atom is 0.138 e. The summed E-state index contributed by atoms with van der Waals surface area (Å²) in [5.41, 5.74) is 1.09. The average molecular weight is 416 g/mol. The second kappa shape index (κ2) is 10.5. The molecular formula is C20H27Cl2NO2S. The Balaban J connectivity index is 0.00000243. The van der Waals surface area contributed by atoms with Gasteiger partial charge in [0.15, 0.2) is 0 Å². The van der Waals surface area contributed by atoms with E-state index in [1.54, 1.807) is 11.3 Å². The molecule has 0 bridgehead atoms. The molecule has 1 aromatic carbocycles.